The number of aryl methyl sites for hydroxylation is 3. The normalized spacial score (nSPS) is 12.4. The Morgan fingerprint density at radius 3 is 2.73 bits per heavy atom. The molecule has 0 aliphatic rings. The number of nitrogens with one attached hydrogen (secondary N) is 1. The minimum Gasteiger partial charge on any atom is -0.361 e. The standard InChI is InChI=1S/C16H24N4O2/c1-6-11(3)20-15(9-10(2)18-20)17-16(21)8-7-14-12(4)19-22-13(14)5/h9,11H,6-8H2,1-5H3,(H,17,21). The molecular weight excluding hydrogens is 280 g/mol. The van der Waals surface area contributed by atoms with Crippen LogP contribution in [0, 0.1) is 20.8 Å². The Kier molecular flexibility index (Phi) is 5.00. The minimum absolute atomic E-state index is 0.0237. The number of anilines is 1. The SMILES string of the molecule is CCC(C)n1nc(C)cc1NC(=O)CCc1c(C)noc1C. The van der Waals surface area contributed by atoms with E-state index in [9.17, 15) is 4.79 Å². The van der Waals surface area contributed by atoms with Crippen LogP contribution in [-0.2, 0) is 11.2 Å². The Morgan fingerprint density at radius 2 is 2.14 bits per heavy atom. The van der Waals surface area contributed by atoms with Crippen LogP contribution < -0.4 is 5.32 Å². The van der Waals surface area contributed by atoms with Crippen LogP contribution in [0.2, 0.25) is 0 Å². The van der Waals surface area contributed by atoms with Crippen molar-refractivity contribution < 1.29 is 9.32 Å². The first-order valence-corrected chi connectivity index (χ1v) is 7.70. The number of rotatable bonds is 6. The average molecular weight is 304 g/mol. The molecule has 1 amide bonds. The summed E-state index contributed by atoms with van der Waals surface area (Å²) < 4.78 is 7.00. The maximum Gasteiger partial charge on any atom is 0.225 e. The molecule has 0 aliphatic carbocycles. The molecule has 2 aromatic heterocycles. The van der Waals surface area contributed by atoms with Crippen molar-refractivity contribution in [2.24, 2.45) is 0 Å². The van der Waals surface area contributed by atoms with Crippen molar-refractivity contribution >= 4 is 11.7 Å². The van der Waals surface area contributed by atoms with Gasteiger partial charge in [-0.05, 0) is 40.5 Å². The monoisotopic (exact) mass is 304 g/mol. The highest BCUT2D eigenvalue weighted by molar-refractivity contribution is 5.90. The number of nitrogens with zero attached hydrogens (tertiary/aromatic N) is 3. The Labute approximate surface area is 130 Å². The van der Waals surface area contributed by atoms with Gasteiger partial charge in [0.1, 0.15) is 11.6 Å². The van der Waals surface area contributed by atoms with Crippen molar-refractivity contribution in [3.63, 3.8) is 0 Å². The first-order chi connectivity index (χ1) is 10.4. The maximum absolute atomic E-state index is 12.2. The molecule has 0 spiro atoms. The highest BCUT2D eigenvalue weighted by Gasteiger charge is 2.15. The molecule has 2 rings (SSSR count). The van der Waals surface area contributed by atoms with E-state index < -0.39 is 0 Å². The van der Waals surface area contributed by atoms with Gasteiger partial charge in [0.2, 0.25) is 5.91 Å². The summed E-state index contributed by atoms with van der Waals surface area (Å²) in [5.41, 5.74) is 2.77. The van der Waals surface area contributed by atoms with E-state index >= 15 is 0 Å². The summed E-state index contributed by atoms with van der Waals surface area (Å²) in [7, 11) is 0. The lowest BCUT2D eigenvalue weighted by Crippen LogP contribution is -2.17. The summed E-state index contributed by atoms with van der Waals surface area (Å²) >= 11 is 0. The molecule has 120 valence electrons. The molecule has 6 heteroatoms. The molecule has 1 atom stereocenters. The molecule has 0 saturated carbocycles. The predicted octanol–water partition coefficient (Wildman–Crippen LogP) is 3.34. The zero-order valence-electron chi connectivity index (χ0n) is 13.9. The smallest absolute Gasteiger partial charge is 0.225 e. The van der Waals surface area contributed by atoms with Crippen LogP contribution >= 0.6 is 0 Å². The molecule has 0 saturated heterocycles. The fourth-order valence-electron chi connectivity index (χ4n) is 2.42. The van der Waals surface area contributed by atoms with E-state index in [4.69, 9.17) is 4.52 Å². The molecule has 1 N–H and O–H groups in total. The minimum atomic E-state index is -0.0237. The third-order valence-electron chi connectivity index (χ3n) is 3.92. The van der Waals surface area contributed by atoms with Gasteiger partial charge in [-0.3, -0.25) is 4.79 Å². The van der Waals surface area contributed by atoms with Crippen molar-refractivity contribution in [3.8, 4) is 0 Å². The van der Waals surface area contributed by atoms with Gasteiger partial charge >= 0.3 is 0 Å². The van der Waals surface area contributed by atoms with Gasteiger partial charge in [0.15, 0.2) is 0 Å². The number of amides is 1. The third-order valence-corrected chi connectivity index (χ3v) is 3.92. The van der Waals surface area contributed by atoms with Crippen LogP contribution in [0.3, 0.4) is 0 Å². The Bertz CT molecular complexity index is 638. The Hall–Kier alpha value is -2.11. The van der Waals surface area contributed by atoms with Crippen molar-refractivity contribution in [2.45, 2.75) is 59.9 Å². The van der Waals surface area contributed by atoms with Gasteiger partial charge in [-0.25, -0.2) is 4.68 Å². The van der Waals surface area contributed by atoms with Gasteiger partial charge in [-0.1, -0.05) is 12.1 Å². The predicted molar refractivity (Wildman–Crippen MR) is 84.9 cm³/mol. The van der Waals surface area contributed by atoms with Crippen LogP contribution in [0.4, 0.5) is 5.82 Å². The van der Waals surface area contributed by atoms with Crippen LogP contribution in [-0.4, -0.2) is 20.8 Å². The molecule has 6 nitrogen and oxygen atoms in total. The second-order valence-electron chi connectivity index (χ2n) is 5.72. The third kappa shape index (κ3) is 3.55. The van der Waals surface area contributed by atoms with E-state index in [2.05, 4.69) is 29.4 Å². The van der Waals surface area contributed by atoms with Crippen molar-refractivity contribution in [3.05, 3.63) is 28.8 Å². The van der Waals surface area contributed by atoms with Crippen molar-refractivity contribution in [1.29, 1.82) is 0 Å². The lowest BCUT2D eigenvalue weighted by atomic mass is 10.1. The molecule has 22 heavy (non-hydrogen) atoms. The largest absolute Gasteiger partial charge is 0.361 e. The molecule has 1 unspecified atom stereocenters. The van der Waals surface area contributed by atoms with E-state index in [1.54, 1.807) is 0 Å². The maximum atomic E-state index is 12.2. The molecule has 0 aliphatic heterocycles. The number of carbonyl (C=O) groups excluding carboxylic acids is 1. The summed E-state index contributed by atoms with van der Waals surface area (Å²) in [5.74, 6) is 1.52. The summed E-state index contributed by atoms with van der Waals surface area (Å²) in [6.07, 6.45) is 1.99. The van der Waals surface area contributed by atoms with E-state index in [0.29, 0.717) is 12.8 Å². The average Bonchev–Trinajstić information content (AvgIpc) is 2.99. The highest BCUT2D eigenvalue weighted by atomic mass is 16.5. The van der Waals surface area contributed by atoms with Gasteiger partial charge in [-0.2, -0.15) is 5.10 Å². The van der Waals surface area contributed by atoms with Crippen LogP contribution in [0.25, 0.3) is 0 Å². The van der Waals surface area contributed by atoms with Crippen LogP contribution in [0.15, 0.2) is 10.6 Å². The molecule has 0 radical (unpaired) electrons. The number of carbonyl (C=O) groups is 1. The van der Waals surface area contributed by atoms with Gasteiger partial charge in [0.05, 0.1) is 17.4 Å². The lowest BCUT2D eigenvalue weighted by Gasteiger charge is -2.14. The first-order valence-electron chi connectivity index (χ1n) is 7.70. The molecular formula is C16H24N4O2. The molecule has 0 bridgehead atoms. The van der Waals surface area contributed by atoms with Gasteiger partial charge in [0.25, 0.3) is 0 Å². The zero-order valence-corrected chi connectivity index (χ0v) is 13.9. The second kappa shape index (κ2) is 6.77. The summed E-state index contributed by atoms with van der Waals surface area (Å²) in [4.78, 5) is 12.2. The zero-order chi connectivity index (χ0) is 16.3. The topological polar surface area (TPSA) is 73.0 Å². The van der Waals surface area contributed by atoms with E-state index in [0.717, 1.165) is 35.0 Å². The molecule has 2 aromatic rings. The molecule has 2 heterocycles. The highest BCUT2D eigenvalue weighted by Crippen LogP contribution is 2.19. The lowest BCUT2D eigenvalue weighted by molar-refractivity contribution is -0.116. The molecule has 0 fully saturated rings. The summed E-state index contributed by atoms with van der Waals surface area (Å²) in [5, 5.41) is 11.3. The fraction of sp³-hybridized carbons (Fsp3) is 0.562. The number of hydrogen-bond donors (Lipinski definition) is 1. The van der Waals surface area contributed by atoms with Gasteiger partial charge in [0, 0.05) is 18.1 Å². The first kappa shape index (κ1) is 16.3. The number of hydrogen-bond acceptors (Lipinski definition) is 4. The van der Waals surface area contributed by atoms with Crippen molar-refractivity contribution in [1.82, 2.24) is 14.9 Å². The molecule has 0 aromatic carbocycles. The van der Waals surface area contributed by atoms with Gasteiger partial charge in [-0.15, -0.1) is 0 Å². The van der Waals surface area contributed by atoms with Gasteiger partial charge < -0.3 is 9.84 Å². The second-order valence-corrected chi connectivity index (χ2v) is 5.72. The van der Waals surface area contributed by atoms with E-state index in [-0.39, 0.29) is 11.9 Å². The van der Waals surface area contributed by atoms with Crippen molar-refractivity contribution in [2.75, 3.05) is 5.32 Å². The Morgan fingerprint density at radius 1 is 1.41 bits per heavy atom. The fourth-order valence-corrected chi connectivity index (χ4v) is 2.42. The number of aromatic nitrogens is 3. The van der Waals surface area contributed by atoms with E-state index in [1.165, 1.54) is 0 Å². The Balaban J connectivity index is 2.01. The summed E-state index contributed by atoms with van der Waals surface area (Å²) in [6.45, 7) is 9.88. The van der Waals surface area contributed by atoms with Crippen LogP contribution in [0.1, 0.15) is 55.4 Å². The summed E-state index contributed by atoms with van der Waals surface area (Å²) in [6, 6.07) is 2.16. The van der Waals surface area contributed by atoms with E-state index in [1.807, 2.05) is 31.5 Å². The van der Waals surface area contributed by atoms with Crippen LogP contribution in [0.5, 0.6) is 0 Å². The quantitative estimate of drug-likeness (QED) is 0.888.